The highest BCUT2D eigenvalue weighted by Crippen LogP contribution is 2.44. The number of carbonyl (C=O) groups excluding carboxylic acids is 2. The van der Waals surface area contributed by atoms with E-state index >= 15 is 0 Å². The summed E-state index contributed by atoms with van der Waals surface area (Å²) in [7, 11) is 2.96. The van der Waals surface area contributed by atoms with Crippen LogP contribution in [0.4, 0.5) is 5.69 Å². The smallest absolute Gasteiger partial charge is 0.338 e. The Morgan fingerprint density at radius 3 is 2.39 bits per heavy atom. The van der Waals surface area contributed by atoms with Crippen molar-refractivity contribution in [3.05, 3.63) is 82.0 Å². The van der Waals surface area contributed by atoms with Crippen molar-refractivity contribution in [1.29, 1.82) is 0 Å². The van der Waals surface area contributed by atoms with E-state index in [9.17, 15) is 9.59 Å². The fourth-order valence-corrected chi connectivity index (χ4v) is 4.81. The first-order chi connectivity index (χ1) is 15.9. The van der Waals surface area contributed by atoms with Gasteiger partial charge in [0.05, 0.1) is 38.0 Å². The summed E-state index contributed by atoms with van der Waals surface area (Å²) in [6.07, 6.45) is 0.133. The van der Waals surface area contributed by atoms with Gasteiger partial charge in [0.25, 0.3) is 0 Å². The highest BCUT2D eigenvalue weighted by molar-refractivity contribution is 8.16. The van der Waals surface area contributed by atoms with Crippen LogP contribution in [0.5, 0.6) is 5.75 Å². The number of carbonyl (C=O) groups is 2. The van der Waals surface area contributed by atoms with E-state index in [0.29, 0.717) is 17.0 Å². The van der Waals surface area contributed by atoms with Gasteiger partial charge in [0.1, 0.15) is 5.75 Å². The molecule has 2 aromatic carbocycles. The van der Waals surface area contributed by atoms with E-state index in [4.69, 9.17) is 9.47 Å². The zero-order valence-electron chi connectivity index (χ0n) is 18.9. The SMILES string of the molecule is COC(=O)C1=C(C)N=C2SC=C(CC(=O)Nc3ccc(OC)cc3)N2C1c1ccc(C)cc1. The van der Waals surface area contributed by atoms with Crippen LogP contribution in [-0.4, -0.2) is 36.2 Å². The highest BCUT2D eigenvalue weighted by atomic mass is 32.2. The summed E-state index contributed by atoms with van der Waals surface area (Å²) in [5.74, 6) is 0.122. The van der Waals surface area contributed by atoms with Gasteiger partial charge in [0.15, 0.2) is 5.17 Å². The molecule has 8 heteroatoms. The number of aryl methyl sites for hydroxylation is 1. The summed E-state index contributed by atoms with van der Waals surface area (Å²) in [4.78, 5) is 32.2. The second-order valence-corrected chi connectivity index (χ2v) is 8.59. The van der Waals surface area contributed by atoms with E-state index in [2.05, 4.69) is 10.3 Å². The minimum Gasteiger partial charge on any atom is -0.497 e. The lowest BCUT2D eigenvalue weighted by molar-refractivity contribution is -0.136. The first kappa shape index (κ1) is 22.7. The van der Waals surface area contributed by atoms with E-state index in [0.717, 1.165) is 27.7 Å². The molecule has 2 aromatic rings. The maximum Gasteiger partial charge on any atom is 0.338 e. The molecule has 170 valence electrons. The van der Waals surface area contributed by atoms with Crippen LogP contribution in [0.2, 0.25) is 0 Å². The molecule has 1 N–H and O–H groups in total. The fraction of sp³-hybridized carbons (Fsp3) is 0.240. The predicted octanol–water partition coefficient (Wildman–Crippen LogP) is 4.78. The number of aliphatic imine (C=N–C) groups is 1. The second-order valence-electron chi connectivity index (χ2n) is 7.75. The molecule has 1 amide bonds. The number of methoxy groups -OCH3 is 2. The number of anilines is 1. The Hall–Kier alpha value is -3.52. The van der Waals surface area contributed by atoms with Crippen molar-refractivity contribution >= 4 is 34.5 Å². The molecule has 1 atom stereocenters. The number of nitrogens with zero attached hydrogens (tertiary/aromatic N) is 2. The maximum absolute atomic E-state index is 12.9. The van der Waals surface area contributed by atoms with E-state index in [1.807, 2.05) is 48.4 Å². The second kappa shape index (κ2) is 9.54. The molecule has 0 fully saturated rings. The van der Waals surface area contributed by atoms with Gasteiger partial charge in [0, 0.05) is 11.4 Å². The summed E-state index contributed by atoms with van der Waals surface area (Å²) in [6.45, 7) is 3.83. The molecule has 0 saturated heterocycles. The third-order valence-electron chi connectivity index (χ3n) is 5.51. The van der Waals surface area contributed by atoms with Gasteiger partial charge in [-0.15, -0.1) is 0 Å². The molecular formula is C25H25N3O4S. The van der Waals surface area contributed by atoms with Crippen LogP contribution in [-0.2, 0) is 14.3 Å². The Labute approximate surface area is 197 Å². The van der Waals surface area contributed by atoms with Gasteiger partial charge in [0.2, 0.25) is 5.91 Å². The predicted molar refractivity (Wildman–Crippen MR) is 130 cm³/mol. The lowest BCUT2D eigenvalue weighted by Gasteiger charge is -2.36. The van der Waals surface area contributed by atoms with Gasteiger partial charge in [-0.1, -0.05) is 41.6 Å². The average molecular weight is 464 g/mol. The fourth-order valence-electron chi connectivity index (χ4n) is 3.85. The van der Waals surface area contributed by atoms with E-state index in [1.54, 1.807) is 31.4 Å². The molecule has 0 bridgehead atoms. The first-order valence-corrected chi connectivity index (χ1v) is 11.3. The molecule has 0 radical (unpaired) electrons. The third kappa shape index (κ3) is 4.66. The molecule has 7 nitrogen and oxygen atoms in total. The van der Waals surface area contributed by atoms with Crippen LogP contribution in [0.15, 0.2) is 75.9 Å². The van der Waals surface area contributed by atoms with Crippen molar-refractivity contribution in [3.63, 3.8) is 0 Å². The lowest BCUT2D eigenvalue weighted by atomic mass is 9.93. The van der Waals surface area contributed by atoms with Gasteiger partial charge < -0.3 is 19.7 Å². The summed E-state index contributed by atoms with van der Waals surface area (Å²) in [6, 6.07) is 14.7. The van der Waals surface area contributed by atoms with E-state index in [1.165, 1.54) is 18.9 Å². The number of esters is 1. The van der Waals surface area contributed by atoms with Crippen LogP contribution >= 0.6 is 11.8 Å². The number of benzene rings is 2. The van der Waals surface area contributed by atoms with Crippen molar-refractivity contribution in [2.24, 2.45) is 4.99 Å². The zero-order valence-corrected chi connectivity index (χ0v) is 19.7. The Morgan fingerprint density at radius 1 is 1.06 bits per heavy atom. The number of nitrogens with one attached hydrogen (secondary N) is 1. The van der Waals surface area contributed by atoms with Gasteiger partial charge in [-0.3, -0.25) is 4.79 Å². The Kier molecular flexibility index (Phi) is 6.55. The number of amides is 1. The van der Waals surface area contributed by atoms with Crippen molar-refractivity contribution in [3.8, 4) is 5.75 Å². The summed E-state index contributed by atoms with van der Waals surface area (Å²) in [5.41, 5.74) is 4.58. The minimum absolute atomic E-state index is 0.133. The van der Waals surface area contributed by atoms with Gasteiger partial charge in [-0.25, -0.2) is 9.79 Å². The number of ether oxygens (including phenoxy) is 2. The number of thioether (sulfide) groups is 1. The summed E-state index contributed by atoms with van der Waals surface area (Å²) in [5, 5.41) is 5.57. The van der Waals surface area contributed by atoms with Crippen LogP contribution < -0.4 is 10.1 Å². The summed E-state index contributed by atoms with van der Waals surface area (Å²) >= 11 is 1.45. The lowest BCUT2D eigenvalue weighted by Crippen LogP contribution is -2.37. The number of amidine groups is 1. The van der Waals surface area contributed by atoms with Crippen molar-refractivity contribution in [2.75, 3.05) is 19.5 Å². The molecule has 0 aromatic heterocycles. The normalized spacial score (nSPS) is 17.2. The maximum atomic E-state index is 12.9. The number of rotatable bonds is 6. The molecule has 0 spiro atoms. The largest absolute Gasteiger partial charge is 0.497 e. The molecule has 0 aliphatic carbocycles. The molecule has 33 heavy (non-hydrogen) atoms. The standard InChI is InChI=1S/C25H25N3O4S/c1-15-5-7-17(8-6-15)23-22(24(30)32-4)16(2)26-25-28(23)19(14-33-25)13-21(29)27-18-9-11-20(31-3)12-10-18/h5-12,14,23H,13H2,1-4H3,(H,27,29). The molecule has 0 saturated carbocycles. The molecular weight excluding hydrogens is 438 g/mol. The number of fused-ring (bicyclic) bond motifs is 1. The minimum atomic E-state index is -0.431. The van der Waals surface area contributed by atoms with Gasteiger partial charge in [-0.05, 0) is 49.1 Å². The zero-order chi connectivity index (χ0) is 23.5. The molecule has 1 unspecified atom stereocenters. The quantitative estimate of drug-likeness (QED) is 0.621. The van der Waals surface area contributed by atoms with Crippen LogP contribution in [0.1, 0.15) is 30.5 Å². The molecule has 2 aliphatic heterocycles. The molecule has 2 heterocycles. The van der Waals surface area contributed by atoms with Gasteiger partial charge in [-0.2, -0.15) is 0 Å². The summed E-state index contributed by atoms with van der Waals surface area (Å²) < 4.78 is 10.3. The Morgan fingerprint density at radius 2 is 1.76 bits per heavy atom. The van der Waals surface area contributed by atoms with Crippen LogP contribution in [0, 0.1) is 6.92 Å². The van der Waals surface area contributed by atoms with Crippen molar-refractivity contribution < 1.29 is 19.1 Å². The van der Waals surface area contributed by atoms with Crippen LogP contribution in [0.25, 0.3) is 0 Å². The van der Waals surface area contributed by atoms with Crippen molar-refractivity contribution in [1.82, 2.24) is 4.90 Å². The highest BCUT2D eigenvalue weighted by Gasteiger charge is 2.40. The van der Waals surface area contributed by atoms with Crippen LogP contribution in [0.3, 0.4) is 0 Å². The molecule has 2 aliphatic rings. The van der Waals surface area contributed by atoms with E-state index < -0.39 is 12.0 Å². The number of hydrogen-bond donors (Lipinski definition) is 1. The molecule has 4 rings (SSSR count). The van der Waals surface area contributed by atoms with E-state index in [-0.39, 0.29) is 12.3 Å². The topological polar surface area (TPSA) is 80.2 Å². The number of hydrogen-bond acceptors (Lipinski definition) is 7. The average Bonchev–Trinajstić information content (AvgIpc) is 3.20. The Balaban J connectivity index is 1.62. The van der Waals surface area contributed by atoms with Gasteiger partial charge >= 0.3 is 5.97 Å². The Bertz CT molecular complexity index is 1170. The monoisotopic (exact) mass is 463 g/mol. The first-order valence-electron chi connectivity index (χ1n) is 10.4. The number of allylic oxidation sites excluding steroid dienone is 1. The third-order valence-corrected chi connectivity index (χ3v) is 6.40. The van der Waals surface area contributed by atoms with Crippen molar-refractivity contribution in [2.45, 2.75) is 26.3 Å².